The standard InChI is InChI=1S/C27H37ClN2O4/c1-5-6-7-8-9-22(21-12-15-24(28)30-18-21)19-33-23-13-10-20(11-14-23)26(32)29-17-16-25(31)34-27(2,3)4/h10-15,18,22H,5-9,16-17,19H2,1-4H3,(H,29,32). The van der Waals surface area contributed by atoms with Crippen LogP contribution in [-0.2, 0) is 9.53 Å². The van der Waals surface area contributed by atoms with Gasteiger partial charge in [0, 0.05) is 24.2 Å². The molecule has 7 heteroatoms. The summed E-state index contributed by atoms with van der Waals surface area (Å²) in [6.45, 7) is 8.39. The molecule has 1 atom stereocenters. The van der Waals surface area contributed by atoms with Crippen molar-refractivity contribution in [3.63, 3.8) is 0 Å². The van der Waals surface area contributed by atoms with E-state index in [9.17, 15) is 9.59 Å². The Hall–Kier alpha value is -2.60. The first-order valence-electron chi connectivity index (χ1n) is 12.0. The molecular formula is C27H37ClN2O4. The van der Waals surface area contributed by atoms with Gasteiger partial charge in [-0.25, -0.2) is 4.98 Å². The van der Waals surface area contributed by atoms with Gasteiger partial charge in [0.1, 0.15) is 16.5 Å². The summed E-state index contributed by atoms with van der Waals surface area (Å²) in [4.78, 5) is 28.3. The van der Waals surface area contributed by atoms with Crippen LogP contribution in [0.25, 0.3) is 0 Å². The molecule has 0 aliphatic heterocycles. The molecule has 2 aromatic rings. The number of hydrogen-bond acceptors (Lipinski definition) is 5. The molecule has 0 radical (unpaired) electrons. The first-order valence-corrected chi connectivity index (χ1v) is 12.4. The Morgan fingerprint density at radius 2 is 1.79 bits per heavy atom. The molecule has 1 unspecified atom stereocenters. The lowest BCUT2D eigenvalue weighted by Gasteiger charge is -2.19. The molecule has 6 nitrogen and oxygen atoms in total. The van der Waals surface area contributed by atoms with E-state index >= 15 is 0 Å². The molecule has 1 amide bonds. The van der Waals surface area contributed by atoms with Crippen LogP contribution in [-0.4, -0.2) is 35.6 Å². The third-order valence-electron chi connectivity index (χ3n) is 5.23. The summed E-state index contributed by atoms with van der Waals surface area (Å²) in [6, 6.07) is 10.8. The minimum absolute atomic E-state index is 0.128. The zero-order chi connectivity index (χ0) is 25.0. The molecule has 0 bridgehead atoms. The highest BCUT2D eigenvalue weighted by atomic mass is 35.5. The minimum Gasteiger partial charge on any atom is -0.493 e. The summed E-state index contributed by atoms with van der Waals surface area (Å²) in [5.74, 6) is 0.344. The first kappa shape index (κ1) is 27.6. The van der Waals surface area contributed by atoms with Gasteiger partial charge in [-0.1, -0.05) is 50.3 Å². The van der Waals surface area contributed by atoms with Gasteiger partial charge in [0.2, 0.25) is 0 Å². The van der Waals surface area contributed by atoms with E-state index in [1.807, 2.05) is 39.1 Å². The summed E-state index contributed by atoms with van der Waals surface area (Å²) >= 11 is 5.95. The Labute approximate surface area is 208 Å². The van der Waals surface area contributed by atoms with Crippen LogP contribution in [0.3, 0.4) is 0 Å². The Kier molecular flexibility index (Phi) is 11.3. The van der Waals surface area contributed by atoms with Crippen LogP contribution in [0.2, 0.25) is 5.15 Å². The smallest absolute Gasteiger partial charge is 0.308 e. The summed E-state index contributed by atoms with van der Waals surface area (Å²) in [5.41, 5.74) is 1.09. The first-order chi connectivity index (χ1) is 16.2. The van der Waals surface area contributed by atoms with Crippen LogP contribution >= 0.6 is 11.6 Å². The SMILES string of the molecule is CCCCCCC(COc1ccc(C(=O)NCCC(=O)OC(C)(C)C)cc1)c1ccc(Cl)nc1. The molecule has 34 heavy (non-hydrogen) atoms. The van der Waals surface area contributed by atoms with E-state index in [-0.39, 0.29) is 30.8 Å². The van der Waals surface area contributed by atoms with Crippen molar-refractivity contribution in [2.24, 2.45) is 0 Å². The molecule has 0 saturated heterocycles. The number of nitrogens with zero attached hydrogens (tertiary/aromatic N) is 1. The molecule has 0 aliphatic carbocycles. The number of pyridine rings is 1. The van der Waals surface area contributed by atoms with Gasteiger partial charge in [-0.05, 0) is 63.1 Å². The van der Waals surface area contributed by atoms with Crippen molar-refractivity contribution in [2.75, 3.05) is 13.2 Å². The van der Waals surface area contributed by atoms with Gasteiger partial charge < -0.3 is 14.8 Å². The van der Waals surface area contributed by atoms with Crippen molar-refractivity contribution in [3.8, 4) is 5.75 Å². The van der Waals surface area contributed by atoms with Crippen molar-refractivity contribution in [1.29, 1.82) is 0 Å². The van der Waals surface area contributed by atoms with Crippen LogP contribution in [0.4, 0.5) is 0 Å². The van der Waals surface area contributed by atoms with Crippen molar-refractivity contribution in [1.82, 2.24) is 10.3 Å². The molecular weight excluding hydrogens is 452 g/mol. The molecule has 1 N–H and O–H groups in total. The molecule has 1 aromatic heterocycles. The van der Waals surface area contributed by atoms with E-state index in [1.165, 1.54) is 19.3 Å². The summed E-state index contributed by atoms with van der Waals surface area (Å²) in [6.07, 6.45) is 7.72. The maximum Gasteiger partial charge on any atom is 0.308 e. The number of nitrogens with one attached hydrogen (secondary N) is 1. The quantitative estimate of drug-likeness (QED) is 0.202. The largest absolute Gasteiger partial charge is 0.493 e. The number of esters is 1. The fourth-order valence-electron chi connectivity index (χ4n) is 3.46. The monoisotopic (exact) mass is 488 g/mol. The summed E-state index contributed by atoms with van der Waals surface area (Å²) in [7, 11) is 0. The van der Waals surface area contributed by atoms with E-state index in [0.29, 0.717) is 23.1 Å². The number of halogens is 1. The van der Waals surface area contributed by atoms with E-state index < -0.39 is 5.60 Å². The second kappa shape index (κ2) is 14.0. The Bertz CT molecular complexity index is 892. The van der Waals surface area contributed by atoms with Crippen LogP contribution in [0, 0.1) is 0 Å². The van der Waals surface area contributed by atoms with E-state index in [4.69, 9.17) is 21.1 Å². The average Bonchev–Trinajstić information content (AvgIpc) is 2.78. The number of rotatable bonds is 13. The minimum atomic E-state index is -0.532. The maximum atomic E-state index is 12.4. The average molecular weight is 489 g/mol. The lowest BCUT2D eigenvalue weighted by atomic mass is 9.95. The predicted molar refractivity (Wildman–Crippen MR) is 135 cm³/mol. The lowest BCUT2D eigenvalue weighted by molar-refractivity contribution is -0.154. The van der Waals surface area contributed by atoms with Gasteiger partial charge in [0.25, 0.3) is 5.91 Å². The van der Waals surface area contributed by atoms with E-state index in [2.05, 4.69) is 17.2 Å². The van der Waals surface area contributed by atoms with Crippen LogP contribution < -0.4 is 10.1 Å². The van der Waals surface area contributed by atoms with Crippen molar-refractivity contribution < 1.29 is 19.1 Å². The second-order valence-corrected chi connectivity index (χ2v) is 9.78. The number of amides is 1. The number of hydrogen-bond donors (Lipinski definition) is 1. The number of aromatic nitrogens is 1. The van der Waals surface area contributed by atoms with Crippen LogP contribution in [0.5, 0.6) is 5.75 Å². The van der Waals surface area contributed by atoms with Gasteiger partial charge in [-0.15, -0.1) is 0 Å². The van der Waals surface area contributed by atoms with Gasteiger partial charge in [-0.2, -0.15) is 0 Å². The second-order valence-electron chi connectivity index (χ2n) is 9.39. The van der Waals surface area contributed by atoms with E-state index in [0.717, 1.165) is 18.4 Å². The molecule has 186 valence electrons. The highest BCUT2D eigenvalue weighted by Crippen LogP contribution is 2.25. The zero-order valence-corrected chi connectivity index (χ0v) is 21.5. The van der Waals surface area contributed by atoms with Gasteiger partial charge in [0.15, 0.2) is 0 Å². The summed E-state index contributed by atoms with van der Waals surface area (Å²) < 4.78 is 11.3. The number of carbonyl (C=O) groups excluding carboxylic acids is 2. The number of ether oxygens (including phenoxy) is 2. The van der Waals surface area contributed by atoms with Crippen LogP contribution in [0.1, 0.15) is 88.1 Å². The molecule has 1 heterocycles. The number of carbonyl (C=O) groups is 2. The Morgan fingerprint density at radius 1 is 1.06 bits per heavy atom. The number of benzene rings is 1. The number of unbranched alkanes of at least 4 members (excludes halogenated alkanes) is 3. The molecule has 1 aromatic carbocycles. The van der Waals surface area contributed by atoms with Crippen molar-refractivity contribution >= 4 is 23.5 Å². The van der Waals surface area contributed by atoms with Gasteiger partial charge in [0.05, 0.1) is 13.0 Å². The zero-order valence-electron chi connectivity index (χ0n) is 20.7. The fourth-order valence-corrected chi connectivity index (χ4v) is 3.58. The molecule has 0 aliphatic rings. The molecule has 0 saturated carbocycles. The van der Waals surface area contributed by atoms with Crippen molar-refractivity contribution in [2.45, 2.75) is 77.7 Å². The normalized spacial score (nSPS) is 12.1. The highest BCUT2D eigenvalue weighted by molar-refractivity contribution is 6.29. The van der Waals surface area contributed by atoms with Gasteiger partial charge >= 0.3 is 5.97 Å². The highest BCUT2D eigenvalue weighted by Gasteiger charge is 2.17. The van der Waals surface area contributed by atoms with E-state index in [1.54, 1.807) is 24.3 Å². The maximum absolute atomic E-state index is 12.4. The fraction of sp³-hybridized carbons (Fsp3) is 0.519. The molecule has 0 spiro atoms. The molecule has 0 fully saturated rings. The topological polar surface area (TPSA) is 77.5 Å². The van der Waals surface area contributed by atoms with Gasteiger partial charge in [-0.3, -0.25) is 9.59 Å². The third-order valence-corrected chi connectivity index (χ3v) is 5.45. The van der Waals surface area contributed by atoms with Crippen LogP contribution in [0.15, 0.2) is 42.6 Å². The predicted octanol–water partition coefficient (Wildman–Crippen LogP) is 6.33. The third kappa shape index (κ3) is 10.6. The lowest BCUT2D eigenvalue weighted by Crippen LogP contribution is -2.29. The Balaban J connectivity index is 1.86. The Morgan fingerprint density at radius 3 is 2.41 bits per heavy atom. The van der Waals surface area contributed by atoms with Crippen molar-refractivity contribution in [3.05, 3.63) is 58.9 Å². The molecule has 2 rings (SSSR count). The summed E-state index contributed by atoms with van der Waals surface area (Å²) in [5, 5.41) is 3.23.